The minimum atomic E-state index is -1.50. The van der Waals surface area contributed by atoms with Gasteiger partial charge in [0.2, 0.25) is 0 Å². The second kappa shape index (κ2) is 6.66. The van der Waals surface area contributed by atoms with Crippen LogP contribution in [0.5, 0.6) is 11.5 Å². The van der Waals surface area contributed by atoms with Crippen LogP contribution in [0.4, 0.5) is 0 Å². The standard InChI is InChI=1S/C16H13ClO6/c1-8-5-12(19)14(16(21)23-8)11(18)4-3-9-6-10(17)15(20)13(7-9)22-2/h3-7,14,20H,1-2H3/b4-3+. The summed E-state index contributed by atoms with van der Waals surface area (Å²) in [6.07, 6.45) is 3.56. The fourth-order valence-electron chi connectivity index (χ4n) is 2.02. The summed E-state index contributed by atoms with van der Waals surface area (Å²) < 4.78 is 9.73. The number of rotatable bonds is 4. The first-order chi connectivity index (χ1) is 10.8. The minimum absolute atomic E-state index is 0.0446. The molecular weight excluding hydrogens is 324 g/mol. The number of phenolic OH excluding ortho intramolecular Hbond substituents is 1. The van der Waals surface area contributed by atoms with Gasteiger partial charge in [-0.05, 0) is 30.7 Å². The molecule has 1 heterocycles. The van der Waals surface area contributed by atoms with Crippen molar-refractivity contribution in [2.24, 2.45) is 5.92 Å². The highest BCUT2D eigenvalue weighted by Crippen LogP contribution is 2.35. The van der Waals surface area contributed by atoms with Crippen LogP contribution in [0.25, 0.3) is 6.08 Å². The second-order valence-corrected chi connectivity index (χ2v) is 5.21. The van der Waals surface area contributed by atoms with E-state index in [0.29, 0.717) is 5.56 Å². The summed E-state index contributed by atoms with van der Waals surface area (Å²) in [6, 6.07) is 2.87. The number of methoxy groups -OCH3 is 1. The van der Waals surface area contributed by atoms with Crippen molar-refractivity contribution in [1.82, 2.24) is 0 Å². The summed E-state index contributed by atoms with van der Waals surface area (Å²) in [5, 5.41) is 9.68. The number of aromatic hydroxyl groups is 1. The van der Waals surface area contributed by atoms with Gasteiger partial charge in [-0.1, -0.05) is 17.7 Å². The fourth-order valence-corrected chi connectivity index (χ4v) is 2.24. The third-order valence-electron chi connectivity index (χ3n) is 3.12. The number of cyclic esters (lactones) is 1. The normalized spacial score (nSPS) is 17.9. The third-order valence-corrected chi connectivity index (χ3v) is 3.41. The molecular formula is C16H13ClO6. The van der Waals surface area contributed by atoms with Gasteiger partial charge in [-0.2, -0.15) is 0 Å². The highest BCUT2D eigenvalue weighted by Gasteiger charge is 2.36. The molecule has 0 radical (unpaired) electrons. The number of allylic oxidation sites excluding steroid dienone is 3. The van der Waals surface area contributed by atoms with Gasteiger partial charge in [0, 0.05) is 6.08 Å². The Hall–Kier alpha value is -2.60. The van der Waals surface area contributed by atoms with Crippen LogP contribution in [0, 0.1) is 5.92 Å². The van der Waals surface area contributed by atoms with Crippen LogP contribution in [0.1, 0.15) is 12.5 Å². The zero-order valence-electron chi connectivity index (χ0n) is 12.3. The molecule has 0 aromatic heterocycles. The molecule has 1 atom stereocenters. The lowest BCUT2D eigenvalue weighted by atomic mass is 9.96. The van der Waals surface area contributed by atoms with Gasteiger partial charge in [0.15, 0.2) is 29.0 Å². The van der Waals surface area contributed by atoms with Crippen LogP contribution in [-0.4, -0.2) is 29.8 Å². The van der Waals surface area contributed by atoms with Crippen molar-refractivity contribution in [2.45, 2.75) is 6.92 Å². The Bertz CT molecular complexity index is 747. The van der Waals surface area contributed by atoms with E-state index in [1.807, 2.05) is 0 Å². The first-order valence-electron chi connectivity index (χ1n) is 6.55. The number of ether oxygens (including phenoxy) is 2. The molecule has 0 bridgehead atoms. The van der Waals surface area contributed by atoms with Crippen LogP contribution >= 0.6 is 11.6 Å². The molecule has 0 saturated carbocycles. The molecule has 1 N–H and O–H groups in total. The lowest BCUT2D eigenvalue weighted by Crippen LogP contribution is -2.34. The molecule has 0 amide bonds. The van der Waals surface area contributed by atoms with Crippen molar-refractivity contribution in [3.63, 3.8) is 0 Å². The van der Waals surface area contributed by atoms with Crippen LogP contribution < -0.4 is 4.74 Å². The summed E-state index contributed by atoms with van der Waals surface area (Å²) in [5.41, 5.74) is 0.460. The second-order valence-electron chi connectivity index (χ2n) is 4.80. The van der Waals surface area contributed by atoms with E-state index in [9.17, 15) is 19.5 Å². The Kier molecular flexibility index (Phi) is 4.86. The van der Waals surface area contributed by atoms with Crippen molar-refractivity contribution in [3.8, 4) is 11.5 Å². The van der Waals surface area contributed by atoms with E-state index in [0.717, 1.165) is 12.2 Å². The Balaban J connectivity index is 2.24. The van der Waals surface area contributed by atoms with Gasteiger partial charge in [-0.3, -0.25) is 14.4 Å². The van der Waals surface area contributed by atoms with Crippen molar-refractivity contribution >= 4 is 35.2 Å². The predicted octanol–water partition coefficient (Wildman–Crippen LogP) is 2.28. The third kappa shape index (κ3) is 3.60. The molecule has 23 heavy (non-hydrogen) atoms. The number of hydrogen-bond acceptors (Lipinski definition) is 6. The lowest BCUT2D eigenvalue weighted by molar-refractivity contribution is -0.151. The number of hydrogen-bond donors (Lipinski definition) is 1. The molecule has 6 nitrogen and oxygen atoms in total. The molecule has 1 aromatic rings. The summed E-state index contributed by atoms with van der Waals surface area (Å²) in [4.78, 5) is 35.5. The first-order valence-corrected chi connectivity index (χ1v) is 6.93. The molecule has 0 aliphatic carbocycles. The number of benzene rings is 1. The quantitative estimate of drug-likeness (QED) is 0.515. The number of ketones is 2. The molecule has 0 spiro atoms. The lowest BCUT2D eigenvalue weighted by Gasteiger charge is -2.15. The van der Waals surface area contributed by atoms with Crippen molar-refractivity contribution in [2.75, 3.05) is 7.11 Å². The van der Waals surface area contributed by atoms with E-state index >= 15 is 0 Å². The predicted molar refractivity (Wildman–Crippen MR) is 82.1 cm³/mol. The van der Waals surface area contributed by atoms with Gasteiger partial charge in [0.1, 0.15) is 5.76 Å². The van der Waals surface area contributed by atoms with Crippen molar-refractivity contribution < 1.29 is 29.0 Å². The SMILES string of the molecule is COc1cc(/C=C/C(=O)C2C(=O)C=C(C)OC2=O)cc(Cl)c1O. The molecule has 7 heteroatoms. The maximum atomic E-state index is 12.1. The first kappa shape index (κ1) is 16.8. The monoisotopic (exact) mass is 336 g/mol. The van der Waals surface area contributed by atoms with E-state index in [1.165, 1.54) is 32.2 Å². The van der Waals surface area contributed by atoms with Gasteiger partial charge in [0.05, 0.1) is 12.1 Å². The number of carbonyl (C=O) groups is 3. The summed E-state index contributed by atoms with van der Waals surface area (Å²) in [7, 11) is 1.36. The number of halogens is 1. The molecule has 0 fully saturated rings. The molecule has 1 aliphatic rings. The Morgan fingerprint density at radius 2 is 2.09 bits per heavy atom. The number of phenols is 1. The average molecular weight is 337 g/mol. The Labute approximate surface area is 137 Å². The van der Waals surface area contributed by atoms with E-state index < -0.39 is 23.5 Å². The smallest absolute Gasteiger partial charge is 0.329 e. The summed E-state index contributed by atoms with van der Waals surface area (Å²) in [6.45, 7) is 1.46. The zero-order valence-corrected chi connectivity index (χ0v) is 13.1. The number of esters is 1. The van der Waals surface area contributed by atoms with Crippen molar-refractivity contribution in [3.05, 3.63) is 40.6 Å². The molecule has 1 aromatic carbocycles. The van der Waals surface area contributed by atoms with Crippen LogP contribution in [0.2, 0.25) is 5.02 Å². The Morgan fingerprint density at radius 1 is 1.39 bits per heavy atom. The maximum absolute atomic E-state index is 12.1. The topological polar surface area (TPSA) is 89.9 Å². The van der Waals surface area contributed by atoms with E-state index in [4.69, 9.17) is 21.1 Å². The minimum Gasteiger partial charge on any atom is -0.503 e. The molecule has 1 unspecified atom stereocenters. The highest BCUT2D eigenvalue weighted by molar-refractivity contribution is 6.32. The van der Waals surface area contributed by atoms with E-state index in [1.54, 1.807) is 0 Å². The van der Waals surface area contributed by atoms with Gasteiger partial charge in [0.25, 0.3) is 0 Å². The number of carbonyl (C=O) groups excluding carboxylic acids is 3. The largest absolute Gasteiger partial charge is 0.503 e. The summed E-state index contributed by atoms with van der Waals surface area (Å²) >= 11 is 5.84. The van der Waals surface area contributed by atoms with Crippen LogP contribution in [-0.2, 0) is 19.1 Å². The molecule has 2 rings (SSSR count). The maximum Gasteiger partial charge on any atom is 0.329 e. The van der Waals surface area contributed by atoms with Gasteiger partial charge in [-0.15, -0.1) is 0 Å². The molecule has 0 saturated heterocycles. The molecule has 1 aliphatic heterocycles. The van der Waals surface area contributed by atoms with Gasteiger partial charge < -0.3 is 14.6 Å². The van der Waals surface area contributed by atoms with Gasteiger partial charge >= 0.3 is 5.97 Å². The molecule has 120 valence electrons. The Morgan fingerprint density at radius 3 is 2.70 bits per heavy atom. The van der Waals surface area contributed by atoms with E-state index in [-0.39, 0.29) is 22.3 Å². The van der Waals surface area contributed by atoms with Gasteiger partial charge in [-0.25, -0.2) is 0 Å². The van der Waals surface area contributed by atoms with Crippen LogP contribution in [0.15, 0.2) is 30.0 Å². The summed E-state index contributed by atoms with van der Waals surface area (Å²) in [5.74, 6) is -3.64. The fraction of sp³-hybridized carbons (Fsp3) is 0.188. The zero-order chi connectivity index (χ0) is 17.1. The highest BCUT2D eigenvalue weighted by atomic mass is 35.5. The van der Waals surface area contributed by atoms with Crippen molar-refractivity contribution in [1.29, 1.82) is 0 Å². The van der Waals surface area contributed by atoms with Crippen LogP contribution in [0.3, 0.4) is 0 Å². The average Bonchev–Trinajstić information content (AvgIpc) is 2.47. The van der Waals surface area contributed by atoms with E-state index in [2.05, 4.69) is 0 Å².